The first kappa shape index (κ1) is 13.8. The molecule has 2 aromatic carbocycles. The molecule has 0 aliphatic rings. The molecule has 1 atom stereocenters. The molecular formula is C18H21N3. The van der Waals surface area contributed by atoms with E-state index in [0.29, 0.717) is 0 Å². The second-order valence-electron chi connectivity index (χ2n) is 5.34. The van der Waals surface area contributed by atoms with Crippen molar-refractivity contribution in [3.8, 4) is 0 Å². The van der Waals surface area contributed by atoms with Crippen molar-refractivity contribution in [1.29, 1.82) is 0 Å². The maximum absolute atomic E-state index is 4.33. The number of benzene rings is 2. The number of aryl methyl sites for hydroxylation is 1. The molecule has 0 amide bonds. The Morgan fingerprint density at radius 3 is 2.67 bits per heavy atom. The first-order valence-corrected chi connectivity index (χ1v) is 7.50. The summed E-state index contributed by atoms with van der Waals surface area (Å²) in [6.07, 6.45) is 2.97. The van der Waals surface area contributed by atoms with Crippen LogP contribution in [0.15, 0.2) is 54.7 Å². The van der Waals surface area contributed by atoms with Crippen LogP contribution in [0.3, 0.4) is 0 Å². The molecule has 0 radical (unpaired) electrons. The maximum Gasteiger partial charge on any atom is 0.0754 e. The van der Waals surface area contributed by atoms with E-state index in [0.717, 1.165) is 13.0 Å². The summed E-state index contributed by atoms with van der Waals surface area (Å²) < 4.78 is 1.95. The molecule has 3 nitrogen and oxygen atoms in total. The highest BCUT2D eigenvalue weighted by Gasteiger charge is 2.18. The number of hydrogen-bond acceptors (Lipinski definition) is 2. The van der Waals surface area contributed by atoms with Crippen LogP contribution >= 0.6 is 0 Å². The fourth-order valence-electron chi connectivity index (χ4n) is 2.83. The summed E-state index contributed by atoms with van der Waals surface area (Å²) in [5.41, 5.74) is 2.50. The summed E-state index contributed by atoms with van der Waals surface area (Å²) >= 11 is 0. The van der Waals surface area contributed by atoms with Gasteiger partial charge < -0.3 is 5.32 Å². The van der Waals surface area contributed by atoms with Crippen LogP contribution in [0.1, 0.15) is 30.6 Å². The molecule has 0 saturated carbocycles. The van der Waals surface area contributed by atoms with Gasteiger partial charge in [-0.25, -0.2) is 0 Å². The van der Waals surface area contributed by atoms with Gasteiger partial charge in [0.15, 0.2) is 0 Å². The Hall–Kier alpha value is -2.13. The molecule has 0 spiro atoms. The summed E-state index contributed by atoms with van der Waals surface area (Å²) in [6, 6.07) is 17.3. The Balaban J connectivity index is 2.12. The van der Waals surface area contributed by atoms with Crippen molar-refractivity contribution < 1.29 is 0 Å². The standard InChI is InChI=1S/C18H21N3/c1-3-12-19-18(17-11-13-20-21(17)2)16-10-6-8-14-7-4-5-9-15(14)16/h4-11,13,18-19H,3,12H2,1-2H3. The first-order valence-electron chi connectivity index (χ1n) is 7.50. The molecule has 1 N–H and O–H groups in total. The van der Waals surface area contributed by atoms with Crippen LogP contribution in [-0.4, -0.2) is 16.3 Å². The van der Waals surface area contributed by atoms with Gasteiger partial charge in [-0.15, -0.1) is 0 Å². The monoisotopic (exact) mass is 279 g/mol. The average Bonchev–Trinajstić information content (AvgIpc) is 2.94. The van der Waals surface area contributed by atoms with Crippen molar-refractivity contribution in [1.82, 2.24) is 15.1 Å². The van der Waals surface area contributed by atoms with E-state index in [1.165, 1.54) is 22.0 Å². The van der Waals surface area contributed by atoms with Crippen molar-refractivity contribution in [3.05, 3.63) is 66.0 Å². The van der Waals surface area contributed by atoms with Crippen LogP contribution in [0.4, 0.5) is 0 Å². The fourth-order valence-corrected chi connectivity index (χ4v) is 2.83. The van der Waals surface area contributed by atoms with Gasteiger partial charge in [-0.3, -0.25) is 4.68 Å². The minimum Gasteiger partial charge on any atom is -0.305 e. The molecule has 1 unspecified atom stereocenters. The predicted octanol–water partition coefficient (Wildman–Crippen LogP) is 3.66. The highest BCUT2D eigenvalue weighted by atomic mass is 15.3. The van der Waals surface area contributed by atoms with E-state index < -0.39 is 0 Å². The molecule has 3 aromatic rings. The van der Waals surface area contributed by atoms with Gasteiger partial charge in [0.1, 0.15) is 0 Å². The highest BCUT2D eigenvalue weighted by molar-refractivity contribution is 5.86. The maximum atomic E-state index is 4.33. The van der Waals surface area contributed by atoms with E-state index in [2.05, 4.69) is 65.9 Å². The minimum atomic E-state index is 0.170. The van der Waals surface area contributed by atoms with E-state index in [1.54, 1.807) is 0 Å². The number of aromatic nitrogens is 2. The smallest absolute Gasteiger partial charge is 0.0754 e. The highest BCUT2D eigenvalue weighted by Crippen LogP contribution is 2.28. The van der Waals surface area contributed by atoms with Crippen LogP contribution in [0.25, 0.3) is 10.8 Å². The van der Waals surface area contributed by atoms with Crippen molar-refractivity contribution in [3.63, 3.8) is 0 Å². The summed E-state index contributed by atoms with van der Waals surface area (Å²) in [6.45, 7) is 3.18. The number of hydrogen-bond donors (Lipinski definition) is 1. The number of rotatable bonds is 5. The summed E-state index contributed by atoms with van der Waals surface area (Å²) in [7, 11) is 2.00. The van der Waals surface area contributed by atoms with E-state index in [-0.39, 0.29) is 6.04 Å². The third-order valence-corrected chi connectivity index (χ3v) is 3.89. The second-order valence-corrected chi connectivity index (χ2v) is 5.34. The Bertz CT molecular complexity index is 725. The van der Waals surface area contributed by atoms with E-state index in [4.69, 9.17) is 0 Å². The molecule has 0 bridgehead atoms. The molecule has 1 aromatic heterocycles. The van der Waals surface area contributed by atoms with Crippen LogP contribution in [0, 0.1) is 0 Å². The molecule has 108 valence electrons. The van der Waals surface area contributed by atoms with Gasteiger partial charge in [-0.1, -0.05) is 49.4 Å². The van der Waals surface area contributed by atoms with Gasteiger partial charge in [-0.05, 0) is 35.4 Å². The molecule has 3 rings (SSSR count). The Labute approximate surface area is 125 Å². The lowest BCUT2D eigenvalue weighted by atomic mass is 9.96. The number of fused-ring (bicyclic) bond motifs is 1. The summed E-state index contributed by atoms with van der Waals surface area (Å²) in [5, 5.41) is 10.6. The zero-order valence-electron chi connectivity index (χ0n) is 12.6. The minimum absolute atomic E-state index is 0.170. The Morgan fingerprint density at radius 2 is 1.90 bits per heavy atom. The van der Waals surface area contributed by atoms with Crippen molar-refractivity contribution >= 4 is 10.8 Å². The molecule has 0 fully saturated rings. The molecule has 21 heavy (non-hydrogen) atoms. The van der Waals surface area contributed by atoms with Gasteiger partial charge in [0.25, 0.3) is 0 Å². The van der Waals surface area contributed by atoms with Crippen molar-refractivity contribution in [2.24, 2.45) is 7.05 Å². The van der Waals surface area contributed by atoms with Crippen LogP contribution in [0.2, 0.25) is 0 Å². The predicted molar refractivity (Wildman–Crippen MR) is 87.3 cm³/mol. The fraction of sp³-hybridized carbons (Fsp3) is 0.278. The van der Waals surface area contributed by atoms with Crippen LogP contribution in [0.5, 0.6) is 0 Å². The van der Waals surface area contributed by atoms with Crippen molar-refractivity contribution in [2.75, 3.05) is 6.54 Å². The van der Waals surface area contributed by atoms with Gasteiger partial charge in [0.2, 0.25) is 0 Å². The van der Waals surface area contributed by atoms with Crippen LogP contribution in [-0.2, 0) is 7.05 Å². The summed E-state index contributed by atoms with van der Waals surface area (Å²) in [4.78, 5) is 0. The van der Waals surface area contributed by atoms with E-state index >= 15 is 0 Å². The van der Waals surface area contributed by atoms with Gasteiger partial charge in [-0.2, -0.15) is 5.10 Å². The number of nitrogens with zero attached hydrogens (tertiary/aromatic N) is 2. The van der Waals surface area contributed by atoms with E-state index in [1.807, 2.05) is 17.9 Å². The third-order valence-electron chi connectivity index (χ3n) is 3.89. The topological polar surface area (TPSA) is 29.9 Å². The Kier molecular flexibility index (Phi) is 4.02. The lowest BCUT2D eigenvalue weighted by molar-refractivity contribution is 0.556. The zero-order chi connectivity index (χ0) is 14.7. The van der Waals surface area contributed by atoms with Gasteiger partial charge >= 0.3 is 0 Å². The molecule has 0 aliphatic carbocycles. The van der Waals surface area contributed by atoms with Crippen LogP contribution < -0.4 is 5.32 Å². The van der Waals surface area contributed by atoms with Gasteiger partial charge in [0.05, 0.1) is 11.7 Å². The quantitative estimate of drug-likeness (QED) is 0.772. The lowest BCUT2D eigenvalue weighted by Crippen LogP contribution is -2.25. The molecule has 0 saturated heterocycles. The number of nitrogens with one attached hydrogen (secondary N) is 1. The first-order chi connectivity index (χ1) is 10.3. The normalized spacial score (nSPS) is 12.7. The summed E-state index contributed by atoms with van der Waals surface area (Å²) in [5.74, 6) is 0. The zero-order valence-corrected chi connectivity index (χ0v) is 12.6. The molecule has 0 aliphatic heterocycles. The average molecular weight is 279 g/mol. The molecule has 1 heterocycles. The lowest BCUT2D eigenvalue weighted by Gasteiger charge is -2.21. The SMILES string of the molecule is CCCNC(c1cccc2ccccc12)c1ccnn1C. The third kappa shape index (κ3) is 2.69. The molecule has 3 heteroatoms. The molecular weight excluding hydrogens is 258 g/mol. The van der Waals surface area contributed by atoms with Gasteiger partial charge in [0, 0.05) is 13.2 Å². The van der Waals surface area contributed by atoms with Crippen molar-refractivity contribution in [2.45, 2.75) is 19.4 Å². The largest absolute Gasteiger partial charge is 0.305 e. The Morgan fingerprint density at radius 1 is 1.10 bits per heavy atom. The second kappa shape index (κ2) is 6.10. The van der Waals surface area contributed by atoms with E-state index in [9.17, 15) is 0 Å².